The Hall–Kier alpha value is -2.90. The van der Waals surface area contributed by atoms with Crippen LogP contribution in [0.4, 0.5) is 0 Å². The number of benzene rings is 2. The Balaban J connectivity index is 1.72. The van der Waals surface area contributed by atoms with Gasteiger partial charge in [0, 0.05) is 10.6 Å². The lowest BCUT2D eigenvalue weighted by Gasteiger charge is -2.13. The maximum Gasteiger partial charge on any atom is 0.284 e. The Morgan fingerprint density at radius 3 is 2.77 bits per heavy atom. The lowest BCUT2D eigenvalue weighted by Crippen LogP contribution is -2.02. The Kier molecular flexibility index (Phi) is 4.55. The molecule has 2 aromatic heterocycles. The van der Waals surface area contributed by atoms with Crippen LogP contribution in [0.3, 0.4) is 0 Å². The zero-order chi connectivity index (χ0) is 17.9. The van der Waals surface area contributed by atoms with Crippen molar-refractivity contribution < 1.29 is 9.15 Å². The number of para-hydroxylation sites is 1. The van der Waals surface area contributed by atoms with Crippen LogP contribution in [0.1, 0.15) is 5.89 Å². The average Bonchev–Trinajstić information content (AvgIpc) is 3.30. The minimum atomic E-state index is 0.140. The zero-order valence-electron chi connectivity index (χ0n) is 13.4. The predicted molar refractivity (Wildman–Crippen MR) is 100 cm³/mol. The van der Waals surface area contributed by atoms with Crippen LogP contribution in [0.2, 0.25) is 5.02 Å². The smallest absolute Gasteiger partial charge is 0.284 e. The van der Waals surface area contributed by atoms with E-state index in [0.29, 0.717) is 16.7 Å². The second kappa shape index (κ2) is 7.15. The maximum absolute atomic E-state index is 6.22. The highest BCUT2D eigenvalue weighted by Gasteiger charge is 2.14. The van der Waals surface area contributed by atoms with Crippen molar-refractivity contribution in [2.24, 2.45) is 0 Å². The van der Waals surface area contributed by atoms with Gasteiger partial charge in [-0.2, -0.15) is 5.10 Å². The van der Waals surface area contributed by atoms with Gasteiger partial charge in [-0.1, -0.05) is 29.8 Å². The fraction of sp³-hybridized carbons (Fsp3) is 0.0556. The van der Waals surface area contributed by atoms with Gasteiger partial charge < -0.3 is 9.15 Å². The molecule has 0 saturated heterocycles. The van der Waals surface area contributed by atoms with Crippen molar-refractivity contribution >= 4 is 23.8 Å². The molecule has 4 aromatic rings. The minimum Gasteiger partial charge on any atom is -0.483 e. The molecule has 4 rings (SSSR count). The second-order valence-electron chi connectivity index (χ2n) is 5.40. The monoisotopic (exact) mass is 384 g/mol. The van der Waals surface area contributed by atoms with E-state index < -0.39 is 0 Å². The third-order valence-corrected chi connectivity index (χ3v) is 4.10. The van der Waals surface area contributed by atoms with Gasteiger partial charge in [-0.3, -0.25) is 0 Å². The quantitative estimate of drug-likeness (QED) is 0.500. The Bertz CT molecular complexity index is 1090. The summed E-state index contributed by atoms with van der Waals surface area (Å²) in [6.07, 6.45) is 1.74. The summed E-state index contributed by atoms with van der Waals surface area (Å²) in [5.74, 6) is 1.00. The molecule has 0 amide bonds. The van der Waals surface area contributed by atoms with Crippen molar-refractivity contribution in [1.29, 1.82) is 0 Å². The average molecular weight is 385 g/mol. The van der Waals surface area contributed by atoms with Gasteiger partial charge in [-0.15, -0.1) is 5.10 Å². The SMILES string of the molecule is S=c1[nH]nc(COc2ccc(Cl)cc2-c2ccnn2-c2ccccc2)o1. The molecule has 0 spiro atoms. The first-order valence-corrected chi connectivity index (χ1v) is 8.56. The number of hydrogen-bond donors (Lipinski definition) is 1. The van der Waals surface area contributed by atoms with Crippen LogP contribution in [0.5, 0.6) is 5.75 Å². The van der Waals surface area contributed by atoms with E-state index in [1.807, 2.05) is 47.1 Å². The Morgan fingerprint density at radius 2 is 2.00 bits per heavy atom. The van der Waals surface area contributed by atoms with Crippen LogP contribution in [-0.4, -0.2) is 20.0 Å². The fourth-order valence-electron chi connectivity index (χ4n) is 2.57. The topological polar surface area (TPSA) is 68.9 Å². The molecule has 0 unspecified atom stereocenters. The zero-order valence-corrected chi connectivity index (χ0v) is 15.0. The normalized spacial score (nSPS) is 10.8. The molecule has 0 aliphatic rings. The molecule has 0 radical (unpaired) electrons. The van der Waals surface area contributed by atoms with E-state index in [9.17, 15) is 0 Å². The lowest BCUT2D eigenvalue weighted by molar-refractivity contribution is 0.262. The molecular weight excluding hydrogens is 372 g/mol. The van der Waals surface area contributed by atoms with Crippen LogP contribution < -0.4 is 4.74 Å². The van der Waals surface area contributed by atoms with Crippen molar-refractivity contribution in [3.63, 3.8) is 0 Å². The van der Waals surface area contributed by atoms with Gasteiger partial charge in [0.15, 0.2) is 6.61 Å². The molecule has 130 valence electrons. The minimum absolute atomic E-state index is 0.140. The van der Waals surface area contributed by atoms with E-state index >= 15 is 0 Å². The summed E-state index contributed by atoms with van der Waals surface area (Å²) < 4.78 is 12.9. The molecule has 0 aliphatic heterocycles. The van der Waals surface area contributed by atoms with E-state index in [1.165, 1.54) is 0 Å². The van der Waals surface area contributed by atoms with Crippen LogP contribution in [-0.2, 0) is 6.61 Å². The van der Waals surface area contributed by atoms with Crippen LogP contribution in [0.25, 0.3) is 16.9 Å². The number of ether oxygens (including phenoxy) is 1. The largest absolute Gasteiger partial charge is 0.483 e. The first-order valence-electron chi connectivity index (χ1n) is 7.77. The number of aromatic nitrogens is 4. The fourth-order valence-corrected chi connectivity index (χ4v) is 2.89. The van der Waals surface area contributed by atoms with Gasteiger partial charge in [0.25, 0.3) is 10.7 Å². The van der Waals surface area contributed by atoms with E-state index in [4.69, 9.17) is 33.0 Å². The molecule has 0 aliphatic carbocycles. The molecule has 0 saturated carbocycles. The maximum atomic E-state index is 6.22. The highest BCUT2D eigenvalue weighted by Crippen LogP contribution is 2.34. The molecule has 0 fully saturated rings. The summed E-state index contributed by atoms with van der Waals surface area (Å²) in [4.78, 5) is 0.210. The summed E-state index contributed by atoms with van der Waals surface area (Å²) in [6.45, 7) is 0.140. The molecule has 1 N–H and O–H groups in total. The first kappa shape index (κ1) is 16.6. The van der Waals surface area contributed by atoms with Gasteiger partial charge in [0.05, 0.1) is 17.6 Å². The van der Waals surface area contributed by atoms with Crippen molar-refractivity contribution in [2.45, 2.75) is 6.61 Å². The van der Waals surface area contributed by atoms with E-state index in [2.05, 4.69) is 15.3 Å². The van der Waals surface area contributed by atoms with Crippen molar-refractivity contribution in [2.75, 3.05) is 0 Å². The number of halogens is 1. The molecule has 26 heavy (non-hydrogen) atoms. The molecule has 0 bridgehead atoms. The number of nitrogens with zero attached hydrogens (tertiary/aromatic N) is 3. The van der Waals surface area contributed by atoms with Crippen molar-refractivity contribution in [1.82, 2.24) is 20.0 Å². The van der Waals surface area contributed by atoms with Gasteiger partial charge in [0.1, 0.15) is 5.75 Å². The molecule has 0 atom stereocenters. The standard InChI is InChI=1S/C18H13ClN4O2S/c19-12-6-7-16(24-11-17-21-22-18(26)25-17)14(10-12)15-8-9-20-23(15)13-4-2-1-3-5-13/h1-10H,11H2,(H,22,26). The molecular formula is C18H13ClN4O2S. The summed E-state index contributed by atoms with van der Waals surface area (Å²) in [6, 6.07) is 17.2. The van der Waals surface area contributed by atoms with Gasteiger partial charge in [0.2, 0.25) is 0 Å². The van der Waals surface area contributed by atoms with Crippen molar-refractivity contribution in [3.8, 4) is 22.7 Å². The molecule has 2 aromatic carbocycles. The highest BCUT2D eigenvalue weighted by molar-refractivity contribution is 7.71. The summed E-state index contributed by atoms with van der Waals surface area (Å²) in [5, 5.41) is 11.5. The van der Waals surface area contributed by atoms with E-state index in [0.717, 1.165) is 16.9 Å². The highest BCUT2D eigenvalue weighted by atomic mass is 35.5. The number of rotatable bonds is 5. The first-order chi connectivity index (χ1) is 12.7. The number of H-pyrrole nitrogens is 1. The number of hydrogen-bond acceptors (Lipinski definition) is 5. The Labute approximate surface area is 159 Å². The number of nitrogens with one attached hydrogen (secondary N) is 1. The third kappa shape index (κ3) is 3.40. The van der Waals surface area contributed by atoms with Gasteiger partial charge >= 0.3 is 0 Å². The van der Waals surface area contributed by atoms with Gasteiger partial charge in [-0.25, -0.2) is 9.78 Å². The van der Waals surface area contributed by atoms with Crippen LogP contribution in [0.15, 0.2) is 65.2 Å². The van der Waals surface area contributed by atoms with E-state index in [-0.39, 0.29) is 11.4 Å². The lowest BCUT2D eigenvalue weighted by atomic mass is 10.1. The second-order valence-corrected chi connectivity index (χ2v) is 6.21. The molecule has 8 heteroatoms. The third-order valence-electron chi connectivity index (χ3n) is 3.69. The number of aromatic amines is 1. The Morgan fingerprint density at radius 1 is 1.15 bits per heavy atom. The van der Waals surface area contributed by atoms with Gasteiger partial charge in [-0.05, 0) is 48.6 Å². The molecule has 2 heterocycles. The molecule has 6 nitrogen and oxygen atoms in total. The van der Waals surface area contributed by atoms with Crippen molar-refractivity contribution in [3.05, 3.63) is 76.5 Å². The summed E-state index contributed by atoms with van der Waals surface area (Å²) >= 11 is 11.1. The van der Waals surface area contributed by atoms with Crippen LogP contribution in [0, 0.1) is 4.84 Å². The van der Waals surface area contributed by atoms with Crippen LogP contribution >= 0.6 is 23.8 Å². The van der Waals surface area contributed by atoms with E-state index in [1.54, 1.807) is 18.3 Å². The summed E-state index contributed by atoms with van der Waals surface area (Å²) in [7, 11) is 0. The predicted octanol–water partition coefficient (Wildman–Crippen LogP) is 4.82. The summed E-state index contributed by atoms with van der Waals surface area (Å²) in [5.41, 5.74) is 2.61.